The van der Waals surface area contributed by atoms with E-state index in [1.54, 1.807) is 31.2 Å². The van der Waals surface area contributed by atoms with E-state index in [0.717, 1.165) is 11.8 Å². The molecule has 0 saturated carbocycles. The number of amides is 1. The second-order valence-corrected chi connectivity index (χ2v) is 7.88. The van der Waals surface area contributed by atoms with Gasteiger partial charge >= 0.3 is 0 Å². The topological polar surface area (TPSA) is 89.3 Å². The van der Waals surface area contributed by atoms with E-state index in [2.05, 4.69) is 10.3 Å². The number of carbonyl (C=O) groups is 1. The first-order chi connectivity index (χ1) is 10.7. The largest absolute Gasteiger partial charge is 0.441 e. The summed E-state index contributed by atoms with van der Waals surface area (Å²) in [7, 11) is -3.10. The monoisotopic (exact) mass is 356 g/mol. The van der Waals surface area contributed by atoms with E-state index in [-0.39, 0.29) is 24.6 Å². The van der Waals surface area contributed by atoms with Crippen LogP contribution in [0.25, 0.3) is 11.5 Å². The van der Waals surface area contributed by atoms with Crippen molar-refractivity contribution in [1.29, 1.82) is 0 Å². The van der Waals surface area contributed by atoms with Gasteiger partial charge in [-0.25, -0.2) is 13.4 Å². The van der Waals surface area contributed by atoms with Gasteiger partial charge in [-0.1, -0.05) is 11.6 Å². The summed E-state index contributed by atoms with van der Waals surface area (Å²) in [6.45, 7) is 1.81. The molecule has 23 heavy (non-hydrogen) atoms. The van der Waals surface area contributed by atoms with Crippen LogP contribution in [0.3, 0.4) is 0 Å². The van der Waals surface area contributed by atoms with Crippen LogP contribution in [-0.4, -0.2) is 37.9 Å². The predicted molar refractivity (Wildman–Crippen MR) is 88.1 cm³/mol. The Hall–Kier alpha value is -1.86. The van der Waals surface area contributed by atoms with Crippen LogP contribution < -0.4 is 5.32 Å². The van der Waals surface area contributed by atoms with Gasteiger partial charge in [-0.15, -0.1) is 0 Å². The van der Waals surface area contributed by atoms with Gasteiger partial charge in [0.1, 0.15) is 15.6 Å². The maximum atomic E-state index is 11.8. The Kier molecular flexibility index (Phi) is 5.43. The highest BCUT2D eigenvalue weighted by molar-refractivity contribution is 7.90. The minimum atomic E-state index is -3.10. The van der Waals surface area contributed by atoms with Crippen LogP contribution >= 0.6 is 11.6 Å². The second-order valence-electron chi connectivity index (χ2n) is 5.19. The molecule has 0 spiro atoms. The summed E-state index contributed by atoms with van der Waals surface area (Å²) in [5.74, 6) is 0.575. The lowest BCUT2D eigenvalue weighted by atomic mass is 10.2. The second kappa shape index (κ2) is 7.14. The third kappa shape index (κ3) is 5.37. The van der Waals surface area contributed by atoms with Gasteiger partial charge in [0.15, 0.2) is 0 Å². The molecular weight excluding hydrogens is 340 g/mol. The molecular formula is C15H17ClN2O4S. The SMILES string of the molecule is Cc1oc(-c2ccc(Cl)cc2)nc1CC(=O)NCCS(C)(=O)=O. The number of rotatable bonds is 6. The Morgan fingerprint density at radius 3 is 2.57 bits per heavy atom. The average Bonchev–Trinajstić information content (AvgIpc) is 2.79. The number of aromatic nitrogens is 1. The number of halogens is 1. The zero-order valence-corrected chi connectivity index (χ0v) is 14.4. The Labute approximate surface area is 139 Å². The van der Waals surface area contributed by atoms with Crippen LogP contribution in [-0.2, 0) is 21.1 Å². The van der Waals surface area contributed by atoms with E-state index in [1.165, 1.54) is 0 Å². The lowest BCUT2D eigenvalue weighted by Gasteiger charge is -2.02. The molecule has 0 radical (unpaired) electrons. The van der Waals surface area contributed by atoms with E-state index in [0.29, 0.717) is 22.4 Å². The van der Waals surface area contributed by atoms with Crippen LogP contribution in [0, 0.1) is 6.92 Å². The lowest BCUT2D eigenvalue weighted by Crippen LogP contribution is -2.30. The molecule has 2 rings (SSSR count). The third-order valence-electron chi connectivity index (χ3n) is 3.11. The minimum Gasteiger partial charge on any atom is -0.441 e. The molecule has 0 aliphatic carbocycles. The van der Waals surface area contributed by atoms with Crippen molar-refractivity contribution in [2.75, 3.05) is 18.6 Å². The summed E-state index contributed by atoms with van der Waals surface area (Å²) in [4.78, 5) is 16.2. The highest BCUT2D eigenvalue weighted by atomic mass is 35.5. The number of hydrogen-bond donors (Lipinski definition) is 1. The highest BCUT2D eigenvalue weighted by Gasteiger charge is 2.15. The van der Waals surface area contributed by atoms with Crippen LogP contribution in [0.5, 0.6) is 0 Å². The molecule has 1 N–H and O–H groups in total. The molecule has 1 aromatic heterocycles. The van der Waals surface area contributed by atoms with Crippen molar-refractivity contribution in [3.63, 3.8) is 0 Å². The molecule has 0 bridgehead atoms. The fraction of sp³-hybridized carbons (Fsp3) is 0.333. The van der Waals surface area contributed by atoms with Crippen molar-refractivity contribution >= 4 is 27.3 Å². The van der Waals surface area contributed by atoms with E-state index < -0.39 is 9.84 Å². The van der Waals surface area contributed by atoms with Gasteiger partial charge in [0, 0.05) is 23.4 Å². The van der Waals surface area contributed by atoms with Gasteiger partial charge in [0.25, 0.3) is 0 Å². The van der Waals surface area contributed by atoms with Gasteiger partial charge in [-0.2, -0.15) is 0 Å². The summed E-state index contributed by atoms with van der Waals surface area (Å²) in [6, 6.07) is 7.02. The number of nitrogens with one attached hydrogen (secondary N) is 1. The van der Waals surface area contributed by atoms with Gasteiger partial charge in [-0.3, -0.25) is 4.79 Å². The number of carbonyl (C=O) groups excluding carboxylic acids is 1. The number of benzene rings is 1. The first-order valence-corrected chi connectivity index (χ1v) is 9.35. The summed E-state index contributed by atoms with van der Waals surface area (Å²) in [6.07, 6.45) is 1.16. The maximum absolute atomic E-state index is 11.8. The molecule has 1 aromatic carbocycles. The summed E-state index contributed by atoms with van der Waals surface area (Å²) < 4.78 is 27.6. The number of hydrogen-bond acceptors (Lipinski definition) is 5. The van der Waals surface area contributed by atoms with E-state index in [4.69, 9.17) is 16.0 Å². The first-order valence-electron chi connectivity index (χ1n) is 6.91. The number of aryl methyl sites for hydroxylation is 1. The summed E-state index contributed by atoms with van der Waals surface area (Å²) >= 11 is 5.84. The summed E-state index contributed by atoms with van der Waals surface area (Å²) in [5.41, 5.74) is 1.29. The molecule has 0 atom stereocenters. The zero-order valence-electron chi connectivity index (χ0n) is 12.8. The molecule has 2 aromatic rings. The van der Waals surface area contributed by atoms with Gasteiger partial charge in [-0.05, 0) is 31.2 Å². The van der Waals surface area contributed by atoms with E-state index >= 15 is 0 Å². The van der Waals surface area contributed by atoms with E-state index in [1.807, 2.05) is 0 Å². The van der Waals surface area contributed by atoms with Crippen molar-refractivity contribution in [2.24, 2.45) is 0 Å². The fourth-order valence-corrected chi connectivity index (χ4v) is 2.50. The quantitative estimate of drug-likeness (QED) is 0.855. The number of nitrogens with zero attached hydrogens (tertiary/aromatic N) is 1. The van der Waals surface area contributed by atoms with Gasteiger partial charge in [0.05, 0.1) is 17.9 Å². The highest BCUT2D eigenvalue weighted by Crippen LogP contribution is 2.23. The molecule has 0 unspecified atom stereocenters. The molecule has 0 aliphatic heterocycles. The predicted octanol–water partition coefficient (Wildman–Crippen LogP) is 2.01. The first kappa shape index (κ1) is 17.5. The Balaban J connectivity index is 2.01. The Morgan fingerprint density at radius 1 is 1.30 bits per heavy atom. The molecule has 8 heteroatoms. The molecule has 6 nitrogen and oxygen atoms in total. The average molecular weight is 357 g/mol. The molecule has 1 heterocycles. The minimum absolute atomic E-state index is 0.0344. The Bertz CT molecular complexity index is 797. The van der Waals surface area contributed by atoms with Crippen molar-refractivity contribution in [1.82, 2.24) is 10.3 Å². The van der Waals surface area contributed by atoms with Crippen molar-refractivity contribution < 1.29 is 17.6 Å². The maximum Gasteiger partial charge on any atom is 0.226 e. The Morgan fingerprint density at radius 2 is 1.96 bits per heavy atom. The van der Waals surface area contributed by atoms with E-state index in [9.17, 15) is 13.2 Å². The smallest absolute Gasteiger partial charge is 0.226 e. The van der Waals surface area contributed by atoms with Crippen LogP contribution in [0.2, 0.25) is 5.02 Å². The van der Waals surface area contributed by atoms with Gasteiger partial charge in [0.2, 0.25) is 11.8 Å². The van der Waals surface area contributed by atoms with Gasteiger partial charge < -0.3 is 9.73 Å². The molecule has 0 saturated heterocycles. The third-order valence-corrected chi connectivity index (χ3v) is 4.30. The van der Waals surface area contributed by atoms with Crippen molar-refractivity contribution in [3.05, 3.63) is 40.7 Å². The van der Waals surface area contributed by atoms with Crippen molar-refractivity contribution in [3.8, 4) is 11.5 Å². The normalized spacial score (nSPS) is 11.4. The molecule has 124 valence electrons. The summed E-state index contributed by atoms with van der Waals surface area (Å²) in [5, 5.41) is 3.17. The molecule has 1 amide bonds. The molecule has 0 aliphatic rings. The number of sulfone groups is 1. The van der Waals surface area contributed by atoms with Crippen LogP contribution in [0.4, 0.5) is 0 Å². The number of oxazole rings is 1. The molecule has 0 fully saturated rings. The van der Waals surface area contributed by atoms with Crippen molar-refractivity contribution in [2.45, 2.75) is 13.3 Å². The lowest BCUT2D eigenvalue weighted by molar-refractivity contribution is -0.120. The standard InChI is InChI=1S/C15H17ClN2O4S/c1-10-13(9-14(19)17-7-8-23(2,20)21)18-15(22-10)11-3-5-12(16)6-4-11/h3-6H,7-9H2,1-2H3,(H,17,19). The fourth-order valence-electron chi connectivity index (χ4n) is 1.90. The zero-order chi connectivity index (χ0) is 17.0. The van der Waals surface area contributed by atoms with Crippen LogP contribution in [0.15, 0.2) is 28.7 Å². The van der Waals surface area contributed by atoms with Crippen LogP contribution in [0.1, 0.15) is 11.5 Å².